The van der Waals surface area contributed by atoms with Gasteiger partial charge in [0, 0.05) is 12.1 Å². The molecule has 0 unspecified atom stereocenters. The molecule has 0 amide bonds. The lowest BCUT2D eigenvalue weighted by molar-refractivity contribution is 0.0672. The fourth-order valence-corrected chi connectivity index (χ4v) is 4.02. The summed E-state index contributed by atoms with van der Waals surface area (Å²) in [5, 5.41) is 0. The number of rotatable bonds is 4. The Morgan fingerprint density at radius 2 is 1.40 bits per heavy atom. The second kappa shape index (κ2) is 7.26. The molecule has 2 aliphatic rings. The van der Waals surface area contributed by atoms with Crippen molar-refractivity contribution in [3.05, 3.63) is 0 Å². The first-order valence-electron chi connectivity index (χ1n) is 8.96. The van der Waals surface area contributed by atoms with Crippen molar-refractivity contribution in [2.45, 2.75) is 71.8 Å². The predicted molar refractivity (Wildman–Crippen MR) is 88.1 cm³/mol. The van der Waals surface area contributed by atoms with Crippen LogP contribution in [0.25, 0.3) is 0 Å². The van der Waals surface area contributed by atoms with Crippen molar-refractivity contribution >= 4 is 0 Å². The molecule has 20 heavy (non-hydrogen) atoms. The quantitative estimate of drug-likeness (QED) is 0.768. The molecule has 2 heteroatoms. The van der Waals surface area contributed by atoms with E-state index < -0.39 is 0 Å². The van der Waals surface area contributed by atoms with E-state index in [2.05, 4.69) is 37.5 Å². The Labute approximate surface area is 126 Å². The van der Waals surface area contributed by atoms with Crippen molar-refractivity contribution in [2.24, 2.45) is 11.8 Å². The van der Waals surface area contributed by atoms with Gasteiger partial charge in [-0.2, -0.15) is 0 Å². The molecular formula is C18H36N2. The molecule has 2 fully saturated rings. The summed E-state index contributed by atoms with van der Waals surface area (Å²) < 4.78 is 0. The molecule has 0 aromatic rings. The third-order valence-electron chi connectivity index (χ3n) is 5.48. The van der Waals surface area contributed by atoms with Gasteiger partial charge in [-0.05, 0) is 84.5 Å². The van der Waals surface area contributed by atoms with Gasteiger partial charge in [0.25, 0.3) is 0 Å². The number of hydrogen-bond acceptors (Lipinski definition) is 2. The van der Waals surface area contributed by atoms with Gasteiger partial charge >= 0.3 is 0 Å². The summed E-state index contributed by atoms with van der Waals surface area (Å²) in [6.07, 6.45) is 8.55. The van der Waals surface area contributed by atoms with Gasteiger partial charge in [-0.15, -0.1) is 0 Å². The van der Waals surface area contributed by atoms with Crippen LogP contribution in [0, 0.1) is 11.8 Å². The van der Waals surface area contributed by atoms with Gasteiger partial charge in [0.2, 0.25) is 0 Å². The van der Waals surface area contributed by atoms with Crippen LogP contribution in [0.3, 0.4) is 0 Å². The van der Waals surface area contributed by atoms with E-state index in [0.29, 0.717) is 5.54 Å². The van der Waals surface area contributed by atoms with Gasteiger partial charge in [-0.25, -0.2) is 0 Å². The topological polar surface area (TPSA) is 6.48 Å². The number of piperidine rings is 2. The van der Waals surface area contributed by atoms with Crippen LogP contribution < -0.4 is 0 Å². The van der Waals surface area contributed by atoms with Crippen molar-refractivity contribution < 1.29 is 0 Å². The summed E-state index contributed by atoms with van der Waals surface area (Å²) in [4.78, 5) is 5.42. The standard InChI is InChI=1S/C18H36N2/c1-5-6-16-7-11-19(12-8-16)15-17-9-13-20(14-10-17)18(2,3)4/h16-17H,5-15H2,1-4H3. The van der Waals surface area contributed by atoms with Crippen molar-refractivity contribution in [3.63, 3.8) is 0 Å². The minimum absolute atomic E-state index is 0.365. The van der Waals surface area contributed by atoms with Gasteiger partial charge in [0.1, 0.15) is 0 Å². The minimum Gasteiger partial charge on any atom is -0.303 e. The van der Waals surface area contributed by atoms with Gasteiger partial charge in [-0.1, -0.05) is 19.8 Å². The average molecular weight is 280 g/mol. The molecule has 0 aromatic heterocycles. The highest BCUT2D eigenvalue weighted by molar-refractivity contribution is 4.83. The van der Waals surface area contributed by atoms with Gasteiger partial charge in [0.05, 0.1) is 0 Å². The molecule has 2 saturated heterocycles. The SMILES string of the molecule is CCCC1CCN(CC2CCN(C(C)(C)C)CC2)CC1. The van der Waals surface area contributed by atoms with E-state index in [-0.39, 0.29) is 0 Å². The summed E-state index contributed by atoms with van der Waals surface area (Å²) in [6.45, 7) is 16.1. The molecule has 0 radical (unpaired) electrons. The lowest BCUT2D eigenvalue weighted by atomic mass is 9.89. The fourth-order valence-electron chi connectivity index (χ4n) is 4.02. The number of hydrogen-bond donors (Lipinski definition) is 0. The maximum Gasteiger partial charge on any atom is 0.0125 e. The van der Waals surface area contributed by atoms with E-state index in [1.165, 1.54) is 71.2 Å². The second-order valence-corrected chi connectivity index (χ2v) is 8.13. The zero-order valence-electron chi connectivity index (χ0n) is 14.3. The summed E-state index contributed by atoms with van der Waals surface area (Å²) >= 11 is 0. The first-order chi connectivity index (χ1) is 9.49. The summed E-state index contributed by atoms with van der Waals surface area (Å²) in [7, 11) is 0. The van der Waals surface area contributed by atoms with E-state index >= 15 is 0 Å². The first kappa shape index (κ1) is 16.3. The van der Waals surface area contributed by atoms with E-state index in [1.807, 2.05) is 0 Å². The van der Waals surface area contributed by atoms with Crippen LogP contribution in [0.5, 0.6) is 0 Å². The Morgan fingerprint density at radius 1 is 0.850 bits per heavy atom. The fraction of sp³-hybridized carbons (Fsp3) is 1.00. The molecule has 2 heterocycles. The highest BCUT2D eigenvalue weighted by atomic mass is 15.2. The maximum atomic E-state index is 2.75. The summed E-state index contributed by atoms with van der Waals surface area (Å²) in [6, 6.07) is 0. The lowest BCUT2D eigenvalue weighted by Crippen LogP contribution is -2.48. The normalized spacial score (nSPS) is 25.2. The van der Waals surface area contributed by atoms with E-state index in [9.17, 15) is 0 Å². The van der Waals surface area contributed by atoms with Gasteiger partial charge < -0.3 is 4.90 Å². The molecule has 0 aliphatic carbocycles. The van der Waals surface area contributed by atoms with Crippen LogP contribution in [0.2, 0.25) is 0 Å². The van der Waals surface area contributed by atoms with Crippen molar-refractivity contribution in [3.8, 4) is 0 Å². The largest absolute Gasteiger partial charge is 0.303 e. The van der Waals surface area contributed by atoms with E-state index in [0.717, 1.165) is 11.8 Å². The molecule has 0 bridgehead atoms. The number of likely N-dealkylation sites (tertiary alicyclic amines) is 2. The third-order valence-corrected chi connectivity index (χ3v) is 5.48. The van der Waals surface area contributed by atoms with Crippen LogP contribution >= 0.6 is 0 Å². The highest BCUT2D eigenvalue weighted by Gasteiger charge is 2.28. The smallest absolute Gasteiger partial charge is 0.0125 e. The molecule has 2 aliphatic heterocycles. The van der Waals surface area contributed by atoms with Crippen LogP contribution in [0.1, 0.15) is 66.2 Å². The monoisotopic (exact) mass is 280 g/mol. The highest BCUT2D eigenvalue weighted by Crippen LogP contribution is 2.27. The van der Waals surface area contributed by atoms with Crippen LogP contribution in [0.4, 0.5) is 0 Å². The Morgan fingerprint density at radius 3 is 1.90 bits per heavy atom. The molecule has 0 N–H and O–H groups in total. The lowest BCUT2D eigenvalue weighted by Gasteiger charge is -2.42. The summed E-state index contributed by atoms with van der Waals surface area (Å²) in [5.41, 5.74) is 0.365. The van der Waals surface area contributed by atoms with Crippen LogP contribution in [-0.4, -0.2) is 48.1 Å². The zero-order valence-corrected chi connectivity index (χ0v) is 14.3. The maximum absolute atomic E-state index is 2.75. The molecule has 0 saturated carbocycles. The van der Waals surface area contributed by atoms with Crippen LogP contribution in [-0.2, 0) is 0 Å². The Bertz CT molecular complexity index is 266. The Hall–Kier alpha value is -0.0800. The molecule has 2 rings (SSSR count). The van der Waals surface area contributed by atoms with Crippen molar-refractivity contribution in [2.75, 3.05) is 32.7 Å². The molecule has 118 valence electrons. The molecule has 0 atom stereocenters. The van der Waals surface area contributed by atoms with E-state index in [4.69, 9.17) is 0 Å². The third kappa shape index (κ3) is 4.73. The number of nitrogens with zero attached hydrogens (tertiary/aromatic N) is 2. The Balaban J connectivity index is 1.66. The Kier molecular flexibility index (Phi) is 5.92. The van der Waals surface area contributed by atoms with Gasteiger partial charge in [0.15, 0.2) is 0 Å². The first-order valence-corrected chi connectivity index (χ1v) is 8.96. The van der Waals surface area contributed by atoms with Crippen molar-refractivity contribution in [1.82, 2.24) is 9.80 Å². The average Bonchev–Trinajstić information content (AvgIpc) is 2.41. The zero-order chi connectivity index (χ0) is 14.6. The summed E-state index contributed by atoms with van der Waals surface area (Å²) in [5.74, 6) is 1.98. The molecular weight excluding hydrogens is 244 g/mol. The second-order valence-electron chi connectivity index (χ2n) is 8.13. The predicted octanol–water partition coefficient (Wildman–Crippen LogP) is 4.01. The molecule has 0 spiro atoms. The van der Waals surface area contributed by atoms with Crippen LogP contribution in [0.15, 0.2) is 0 Å². The van der Waals surface area contributed by atoms with E-state index in [1.54, 1.807) is 0 Å². The van der Waals surface area contributed by atoms with Crippen molar-refractivity contribution in [1.29, 1.82) is 0 Å². The molecule has 0 aromatic carbocycles. The minimum atomic E-state index is 0.365. The molecule has 2 nitrogen and oxygen atoms in total. The van der Waals surface area contributed by atoms with Gasteiger partial charge in [-0.3, -0.25) is 4.90 Å².